The molecule has 0 bridgehead atoms. The number of amides is 2. The highest BCUT2D eigenvalue weighted by Gasteiger charge is 2.23. The molecule has 22 heavy (non-hydrogen) atoms. The van der Waals surface area contributed by atoms with Crippen LogP contribution < -0.4 is 10.9 Å². The van der Waals surface area contributed by atoms with Crippen molar-refractivity contribution in [2.24, 2.45) is 4.99 Å². The Hall–Kier alpha value is -2.51. The van der Waals surface area contributed by atoms with E-state index in [1.54, 1.807) is 11.9 Å². The molecule has 116 valence electrons. The first-order valence-corrected chi connectivity index (χ1v) is 7.26. The molecule has 2 N–H and O–H groups in total. The summed E-state index contributed by atoms with van der Waals surface area (Å²) in [6.45, 7) is 0.169. The summed E-state index contributed by atoms with van der Waals surface area (Å²) in [7, 11) is 1.68. The lowest BCUT2D eigenvalue weighted by Crippen LogP contribution is -2.40. The van der Waals surface area contributed by atoms with Gasteiger partial charge in [-0.3, -0.25) is 19.7 Å². The van der Waals surface area contributed by atoms with Gasteiger partial charge in [0.25, 0.3) is 11.5 Å². The zero-order chi connectivity index (χ0) is 15.7. The number of hydrogen-bond donors (Lipinski definition) is 2. The largest absolute Gasteiger partial charge is 0.336 e. The van der Waals surface area contributed by atoms with Crippen LogP contribution in [0.15, 0.2) is 9.79 Å². The van der Waals surface area contributed by atoms with Crippen LogP contribution in [0.25, 0.3) is 0 Å². The second kappa shape index (κ2) is 5.70. The molecular weight excluding hydrogens is 286 g/mol. The number of rotatable bonds is 2. The maximum absolute atomic E-state index is 12.1. The minimum absolute atomic E-state index is 0.0557. The molecule has 2 aliphatic rings. The van der Waals surface area contributed by atoms with Gasteiger partial charge in [-0.1, -0.05) is 0 Å². The highest BCUT2D eigenvalue weighted by Crippen LogP contribution is 2.20. The van der Waals surface area contributed by atoms with Crippen molar-refractivity contribution in [1.29, 1.82) is 0 Å². The number of likely N-dealkylation sites (N-methyl/N-ethyl adjacent to an activating group) is 1. The predicted octanol–water partition coefficient (Wildman–Crippen LogP) is -0.865. The third kappa shape index (κ3) is 2.76. The smallest absolute Gasteiger partial charge is 0.268 e. The molecule has 3 rings (SSSR count). The van der Waals surface area contributed by atoms with Crippen LogP contribution in [0.2, 0.25) is 0 Å². The zero-order valence-corrected chi connectivity index (χ0v) is 12.3. The number of H-pyrrole nitrogens is 1. The number of carbonyl (C=O) groups excluding carboxylic acids is 2. The van der Waals surface area contributed by atoms with Gasteiger partial charge in [-0.05, 0) is 31.2 Å². The van der Waals surface area contributed by atoms with Gasteiger partial charge in [0.05, 0.1) is 12.1 Å². The fraction of sp³-hybridized carbons (Fsp3) is 0.500. The Morgan fingerprint density at radius 3 is 2.68 bits per heavy atom. The van der Waals surface area contributed by atoms with E-state index in [2.05, 4.69) is 20.5 Å². The summed E-state index contributed by atoms with van der Waals surface area (Å²) in [4.78, 5) is 40.4. The average molecular weight is 303 g/mol. The summed E-state index contributed by atoms with van der Waals surface area (Å²) < 4.78 is 0. The molecule has 8 heteroatoms. The zero-order valence-electron chi connectivity index (χ0n) is 12.3. The SMILES string of the molecule is CN1CC(=O)N=C1NC(=O)Cc1n[nH]c(=O)c2c1CCCC2. The number of aromatic amines is 1. The second-order valence-corrected chi connectivity index (χ2v) is 5.57. The van der Waals surface area contributed by atoms with Gasteiger partial charge in [-0.15, -0.1) is 0 Å². The first-order chi connectivity index (χ1) is 10.5. The highest BCUT2D eigenvalue weighted by atomic mass is 16.2. The normalized spacial score (nSPS) is 17.2. The number of nitrogens with zero attached hydrogens (tertiary/aromatic N) is 3. The fourth-order valence-corrected chi connectivity index (χ4v) is 2.83. The molecule has 1 aliphatic carbocycles. The molecule has 2 amide bonds. The lowest BCUT2D eigenvalue weighted by atomic mass is 9.91. The predicted molar refractivity (Wildman–Crippen MR) is 78.4 cm³/mol. The van der Waals surface area contributed by atoms with Gasteiger partial charge in [0.2, 0.25) is 11.9 Å². The molecule has 1 aliphatic heterocycles. The van der Waals surface area contributed by atoms with Crippen LogP contribution >= 0.6 is 0 Å². The van der Waals surface area contributed by atoms with Crippen molar-refractivity contribution in [2.75, 3.05) is 13.6 Å². The molecule has 2 heterocycles. The molecule has 0 spiro atoms. The lowest BCUT2D eigenvalue weighted by molar-refractivity contribution is -0.119. The number of guanidine groups is 1. The van der Waals surface area contributed by atoms with Crippen molar-refractivity contribution in [3.63, 3.8) is 0 Å². The van der Waals surface area contributed by atoms with Crippen LogP contribution in [0, 0.1) is 0 Å². The third-order valence-corrected chi connectivity index (χ3v) is 3.93. The van der Waals surface area contributed by atoms with E-state index in [1.807, 2.05) is 0 Å². The maximum Gasteiger partial charge on any atom is 0.268 e. The van der Waals surface area contributed by atoms with E-state index in [0.717, 1.165) is 36.8 Å². The van der Waals surface area contributed by atoms with Gasteiger partial charge in [-0.25, -0.2) is 5.10 Å². The fourth-order valence-electron chi connectivity index (χ4n) is 2.83. The molecule has 0 radical (unpaired) electrons. The summed E-state index contributed by atoms with van der Waals surface area (Å²) in [5, 5.41) is 9.10. The second-order valence-electron chi connectivity index (χ2n) is 5.57. The minimum Gasteiger partial charge on any atom is -0.336 e. The highest BCUT2D eigenvalue weighted by molar-refractivity contribution is 6.07. The Labute approximate surface area is 126 Å². The monoisotopic (exact) mass is 303 g/mol. The van der Waals surface area contributed by atoms with Crippen molar-refractivity contribution < 1.29 is 9.59 Å². The lowest BCUT2D eigenvalue weighted by Gasteiger charge is -2.17. The third-order valence-electron chi connectivity index (χ3n) is 3.93. The molecule has 0 fully saturated rings. The summed E-state index contributed by atoms with van der Waals surface area (Å²) >= 11 is 0. The summed E-state index contributed by atoms with van der Waals surface area (Å²) in [5.74, 6) is -0.321. The summed E-state index contributed by atoms with van der Waals surface area (Å²) in [6, 6.07) is 0. The van der Waals surface area contributed by atoms with Crippen molar-refractivity contribution in [1.82, 2.24) is 20.4 Å². The number of carbonyl (C=O) groups is 2. The van der Waals surface area contributed by atoms with Gasteiger partial charge >= 0.3 is 0 Å². The molecular formula is C14H17N5O3. The molecule has 0 saturated heterocycles. The molecule has 1 aromatic heterocycles. The van der Waals surface area contributed by atoms with Crippen LogP contribution in [0.4, 0.5) is 0 Å². The molecule has 0 atom stereocenters. The van der Waals surface area contributed by atoms with Crippen LogP contribution in [0.5, 0.6) is 0 Å². The molecule has 1 aromatic rings. The molecule has 0 unspecified atom stereocenters. The van der Waals surface area contributed by atoms with E-state index < -0.39 is 0 Å². The molecule has 0 saturated carbocycles. The van der Waals surface area contributed by atoms with E-state index in [0.29, 0.717) is 5.69 Å². The Kier molecular flexibility index (Phi) is 3.74. The van der Waals surface area contributed by atoms with Crippen molar-refractivity contribution in [3.05, 3.63) is 27.2 Å². The van der Waals surface area contributed by atoms with Gasteiger partial charge in [0.1, 0.15) is 6.54 Å². The van der Waals surface area contributed by atoms with Crippen molar-refractivity contribution >= 4 is 17.8 Å². The first-order valence-electron chi connectivity index (χ1n) is 7.26. The average Bonchev–Trinajstić information content (AvgIpc) is 2.80. The minimum atomic E-state index is -0.298. The standard InChI is InChI=1S/C14H17N5O3/c1-19-7-12(21)16-14(19)15-11(20)6-10-8-4-2-3-5-9(8)13(22)18-17-10/h2-7H2,1H3,(H,18,22)(H,15,16,20,21). The molecule has 0 aromatic carbocycles. The molecule has 8 nitrogen and oxygen atoms in total. The quantitative estimate of drug-likeness (QED) is 0.739. The van der Waals surface area contributed by atoms with E-state index in [-0.39, 0.29) is 36.3 Å². The van der Waals surface area contributed by atoms with Crippen LogP contribution in [0.1, 0.15) is 29.7 Å². The number of aromatic nitrogens is 2. The van der Waals surface area contributed by atoms with E-state index in [4.69, 9.17) is 0 Å². The number of fused-ring (bicyclic) bond motifs is 1. The van der Waals surface area contributed by atoms with Crippen LogP contribution in [0.3, 0.4) is 0 Å². The number of hydrogen-bond acceptors (Lipinski definition) is 5. The Bertz CT molecular complexity index is 722. The van der Waals surface area contributed by atoms with Crippen molar-refractivity contribution in [2.45, 2.75) is 32.1 Å². The van der Waals surface area contributed by atoms with E-state index in [9.17, 15) is 14.4 Å². The summed E-state index contributed by atoms with van der Waals surface area (Å²) in [5.41, 5.74) is 2.07. The number of nitrogens with one attached hydrogen (secondary N) is 2. The number of aliphatic imine (C=N–C) groups is 1. The summed E-state index contributed by atoms with van der Waals surface area (Å²) in [6.07, 6.45) is 3.53. The van der Waals surface area contributed by atoms with E-state index >= 15 is 0 Å². The Morgan fingerprint density at radius 2 is 2.00 bits per heavy atom. The Balaban J connectivity index is 1.76. The van der Waals surface area contributed by atoms with Gasteiger partial charge in [0.15, 0.2) is 0 Å². The topological polar surface area (TPSA) is 108 Å². The van der Waals surface area contributed by atoms with Gasteiger partial charge in [-0.2, -0.15) is 10.1 Å². The van der Waals surface area contributed by atoms with E-state index in [1.165, 1.54) is 0 Å². The van der Waals surface area contributed by atoms with Crippen LogP contribution in [-0.4, -0.2) is 46.5 Å². The maximum atomic E-state index is 12.1. The van der Waals surface area contributed by atoms with Crippen molar-refractivity contribution in [3.8, 4) is 0 Å². The first kappa shape index (κ1) is 14.4. The van der Waals surface area contributed by atoms with Gasteiger partial charge < -0.3 is 4.90 Å². The van der Waals surface area contributed by atoms with Gasteiger partial charge in [0, 0.05) is 12.6 Å². The van der Waals surface area contributed by atoms with Crippen LogP contribution in [-0.2, 0) is 28.9 Å². The Morgan fingerprint density at radius 1 is 1.27 bits per heavy atom.